The Kier molecular flexibility index (Phi) is 7.07. The zero-order valence-electron chi connectivity index (χ0n) is 18.3. The summed E-state index contributed by atoms with van der Waals surface area (Å²) in [5, 5.41) is 22.0. The van der Waals surface area contributed by atoms with Crippen LogP contribution in [-0.4, -0.2) is 12.2 Å². The number of nitrogens with zero attached hydrogens (tertiary/aromatic N) is 1. The summed E-state index contributed by atoms with van der Waals surface area (Å²) in [5.41, 5.74) is 2.98. The molecule has 6 nitrogen and oxygen atoms in total. The summed E-state index contributed by atoms with van der Waals surface area (Å²) in [5.74, 6) is 1.41. The van der Waals surface area contributed by atoms with Crippen LogP contribution in [0.4, 0.5) is 0 Å². The molecule has 33 heavy (non-hydrogen) atoms. The predicted octanol–water partition coefficient (Wildman–Crippen LogP) is 4.57. The van der Waals surface area contributed by atoms with E-state index in [0.29, 0.717) is 10.5 Å². The zero-order valence-corrected chi connectivity index (χ0v) is 18.3. The van der Waals surface area contributed by atoms with Crippen molar-refractivity contribution >= 4 is 0 Å². The summed E-state index contributed by atoms with van der Waals surface area (Å²) in [7, 11) is 1.61. The lowest BCUT2D eigenvalue weighted by molar-refractivity contribution is -0.616. The summed E-state index contributed by atoms with van der Waals surface area (Å²) >= 11 is 0. The van der Waals surface area contributed by atoms with Crippen molar-refractivity contribution in [2.45, 2.75) is 19.3 Å². The highest BCUT2D eigenvalue weighted by Gasteiger charge is 2.22. The summed E-state index contributed by atoms with van der Waals surface area (Å²) in [6.45, 7) is -0.180. The summed E-state index contributed by atoms with van der Waals surface area (Å²) in [6, 6.07) is 28.6. The fraction of sp³-hybridized carbons (Fsp3) is 0.148. The van der Waals surface area contributed by atoms with Crippen LogP contribution in [0.25, 0.3) is 0 Å². The molecule has 0 aliphatic carbocycles. The van der Waals surface area contributed by atoms with E-state index in [2.05, 4.69) is 0 Å². The van der Waals surface area contributed by atoms with E-state index in [1.165, 1.54) is 12.3 Å². The molecule has 0 spiro atoms. The van der Waals surface area contributed by atoms with Crippen LogP contribution in [0.2, 0.25) is 0 Å². The van der Waals surface area contributed by atoms with Gasteiger partial charge in [0.15, 0.2) is 5.75 Å². The molecule has 1 aromatic heterocycles. The van der Waals surface area contributed by atoms with Crippen LogP contribution in [0.5, 0.6) is 17.2 Å². The van der Waals surface area contributed by atoms with Crippen molar-refractivity contribution in [1.29, 1.82) is 0 Å². The number of methoxy groups -OCH3 is 1. The Balaban J connectivity index is 1.66. The lowest BCUT2D eigenvalue weighted by Crippen LogP contribution is -2.31. The molecule has 0 radical (unpaired) electrons. The van der Waals surface area contributed by atoms with E-state index in [1.807, 2.05) is 84.9 Å². The van der Waals surface area contributed by atoms with Crippen LogP contribution in [0, 0.1) is 5.21 Å². The molecule has 0 atom stereocenters. The number of aliphatic hydroxyl groups is 1. The Bertz CT molecular complexity index is 1130. The lowest BCUT2D eigenvalue weighted by atomic mass is 10.0. The van der Waals surface area contributed by atoms with Gasteiger partial charge < -0.3 is 24.5 Å². The second kappa shape index (κ2) is 10.5. The van der Waals surface area contributed by atoms with E-state index in [-0.39, 0.29) is 18.1 Å². The van der Waals surface area contributed by atoms with Crippen molar-refractivity contribution in [3.05, 3.63) is 125 Å². The molecule has 1 N–H and O–H groups in total. The summed E-state index contributed by atoms with van der Waals surface area (Å²) in [4.78, 5) is 0. The molecule has 4 rings (SSSR count). The second-order valence-corrected chi connectivity index (χ2v) is 7.43. The van der Waals surface area contributed by atoms with Crippen molar-refractivity contribution in [2.75, 3.05) is 7.11 Å². The SMILES string of the molecule is COc1ccc(COc2c[n+]([O-])c(CO)cc2OC(c2ccccc2)c2ccccc2)cc1. The van der Waals surface area contributed by atoms with Crippen molar-refractivity contribution < 1.29 is 24.0 Å². The van der Waals surface area contributed by atoms with Crippen molar-refractivity contribution in [2.24, 2.45) is 0 Å². The van der Waals surface area contributed by atoms with E-state index in [1.54, 1.807) is 7.11 Å². The highest BCUT2D eigenvalue weighted by atomic mass is 16.5. The molecule has 0 aliphatic heterocycles. The minimum Gasteiger partial charge on any atom is -0.618 e. The minimum atomic E-state index is -0.426. The van der Waals surface area contributed by atoms with Crippen LogP contribution < -0.4 is 18.9 Å². The van der Waals surface area contributed by atoms with E-state index in [9.17, 15) is 10.3 Å². The van der Waals surface area contributed by atoms with Gasteiger partial charge in [0.2, 0.25) is 17.6 Å². The van der Waals surface area contributed by atoms with Gasteiger partial charge in [0, 0.05) is 0 Å². The Morgan fingerprint density at radius 3 is 2.00 bits per heavy atom. The van der Waals surface area contributed by atoms with Gasteiger partial charge in [-0.25, -0.2) is 0 Å². The third kappa shape index (κ3) is 5.42. The van der Waals surface area contributed by atoms with Crippen LogP contribution >= 0.6 is 0 Å². The number of ether oxygens (including phenoxy) is 3. The third-order valence-corrected chi connectivity index (χ3v) is 5.22. The van der Waals surface area contributed by atoms with Crippen molar-refractivity contribution in [3.63, 3.8) is 0 Å². The van der Waals surface area contributed by atoms with E-state index in [4.69, 9.17) is 14.2 Å². The highest BCUT2D eigenvalue weighted by Crippen LogP contribution is 2.34. The highest BCUT2D eigenvalue weighted by molar-refractivity contribution is 5.40. The van der Waals surface area contributed by atoms with Gasteiger partial charge in [-0.1, -0.05) is 72.8 Å². The average Bonchev–Trinajstić information content (AvgIpc) is 2.88. The topological polar surface area (TPSA) is 74.9 Å². The second-order valence-electron chi connectivity index (χ2n) is 7.43. The lowest BCUT2D eigenvalue weighted by Gasteiger charge is -2.22. The number of hydrogen-bond acceptors (Lipinski definition) is 5. The Morgan fingerprint density at radius 1 is 0.848 bits per heavy atom. The first kappa shape index (κ1) is 22.2. The molecule has 0 bridgehead atoms. The third-order valence-electron chi connectivity index (χ3n) is 5.22. The van der Waals surface area contributed by atoms with Gasteiger partial charge >= 0.3 is 0 Å². The first-order valence-electron chi connectivity index (χ1n) is 10.6. The van der Waals surface area contributed by atoms with E-state index >= 15 is 0 Å². The van der Waals surface area contributed by atoms with E-state index in [0.717, 1.165) is 22.4 Å². The van der Waals surface area contributed by atoms with Crippen molar-refractivity contribution in [1.82, 2.24) is 0 Å². The smallest absolute Gasteiger partial charge is 0.227 e. The number of aromatic nitrogens is 1. The van der Waals surface area contributed by atoms with Gasteiger partial charge in [-0.3, -0.25) is 0 Å². The standard InChI is InChI=1S/C27H25NO5/c1-31-24-14-12-20(13-15-24)19-32-26-17-28(30)23(18-29)16-25(26)33-27(21-8-4-2-5-9-21)22-10-6-3-7-11-22/h2-17,27,29H,18-19H2,1H3. The molecule has 6 heteroatoms. The molecule has 168 valence electrons. The van der Waals surface area contributed by atoms with Gasteiger partial charge in [-0.05, 0) is 28.8 Å². The van der Waals surface area contributed by atoms with Gasteiger partial charge in [0.25, 0.3) is 0 Å². The van der Waals surface area contributed by atoms with Gasteiger partial charge in [0.05, 0.1) is 13.2 Å². The molecule has 0 aliphatic rings. The Morgan fingerprint density at radius 2 is 1.45 bits per heavy atom. The fourth-order valence-electron chi connectivity index (χ4n) is 3.45. The monoisotopic (exact) mass is 443 g/mol. The fourth-order valence-corrected chi connectivity index (χ4v) is 3.45. The van der Waals surface area contributed by atoms with Crippen LogP contribution in [-0.2, 0) is 13.2 Å². The molecular formula is C27H25NO5. The van der Waals surface area contributed by atoms with Crippen LogP contribution in [0.3, 0.4) is 0 Å². The van der Waals surface area contributed by atoms with Gasteiger partial charge in [0.1, 0.15) is 25.1 Å². The Labute approximate surface area is 192 Å². The molecule has 1 heterocycles. The van der Waals surface area contributed by atoms with Gasteiger partial charge in [-0.15, -0.1) is 0 Å². The maximum absolute atomic E-state index is 12.3. The molecule has 0 unspecified atom stereocenters. The van der Waals surface area contributed by atoms with E-state index < -0.39 is 12.7 Å². The zero-order chi connectivity index (χ0) is 23.0. The molecule has 0 fully saturated rings. The number of benzene rings is 3. The first-order valence-corrected chi connectivity index (χ1v) is 10.6. The van der Waals surface area contributed by atoms with Crippen molar-refractivity contribution in [3.8, 4) is 17.2 Å². The Hall–Kier alpha value is -4.03. The van der Waals surface area contributed by atoms with Crippen LogP contribution in [0.15, 0.2) is 97.2 Å². The quantitative estimate of drug-likeness (QED) is 0.303. The largest absolute Gasteiger partial charge is 0.618 e. The molecule has 3 aromatic carbocycles. The summed E-state index contributed by atoms with van der Waals surface area (Å²) in [6.07, 6.45) is 0.863. The number of rotatable bonds is 9. The summed E-state index contributed by atoms with van der Waals surface area (Å²) < 4.78 is 18.2. The maximum atomic E-state index is 12.3. The first-order chi connectivity index (χ1) is 16.2. The molecule has 0 saturated heterocycles. The molecule has 4 aromatic rings. The van der Waals surface area contributed by atoms with Gasteiger partial charge in [-0.2, -0.15) is 4.73 Å². The molecule has 0 amide bonds. The number of pyridine rings is 1. The molecule has 0 saturated carbocycles. The predicted molar refractivity (Wildman–Crippen MR) is 124 cm³/mol. The maximum Gasteiger partial charge on any atom is 0.227 e. The average molecular weight is 443 g/mol. The normalized spacial score (nSPS) is 10.8. The number of aliphatic hydroxyl groups excluding tert-OH is 1. The van der Waals surface area contributed by atoms with Crippen LogP contribution in [0.1, 0.15) is 28.5 Å². The molecular weight excluding hydrogens is 418 g/mol. The minimum absolute atomic E-state index is 0.168. The number of hydrogen-bond donors (Lipinski definition) is 1.